The first kappa shape index (κ1) is 19.6. The molecule has 1 aromatic rings. The van der Waals surface area contributed by atoms with Crippen molar-refractivity contribution in [3.05, 3.63) is 21.4 Å². The number of aryl methyl sites for hydroxylation is 1. The fourth-order valence-electron chi connectivity index (χ4n) is 7.15. The summed E-state index contributed by atoms with van der Waals surface area (Å²) in [4.78, 5) is 27.0. The van der Waals surface area contributed by atoms with E-state index in [1.807, 2.05) is 6.07 Å². The standard InChI is InChI=1S/C24H33NO3S/c1-14-3-4-20-19(5-14)9-21(29-20)23(27)28-13-22(26)25-15(2)24-10-16-6-17(11-24)8-18(7-16)12-24/h9,14-18H,3-8,10-13H2,1-2H3,(H,25,26)/t14-,15-,16?,17?,18?,24?/m1/s1. The van der Waals surface area contributed by atoms with Crippen LogP contribution >= 0.6 is 11.3 Å². The minimum Gasteiger partial charge on any atom is -0.451 e. The molecule has 0 aromatic carbocycles. The summed E-state index contributed by atoms with van der Waals surface area (Å²) in [5.74, 6) is 2.77. The predicted molar refractivity (Wildman–Crippen MR) is 114 cm³/mol. The summed E-state index contributed by atoms with van der Waals surface area (Å²) in [7, 11) is 0. The Hall–Kier alpha value is -1.36. The average Bonchev–Trinajstić information content (AvgIpc) is 3.08. The monoisotopic (exact) mass is 415 g/mol. The highest BCUT2D eigenvalue weighted by atomic mass is 32.1. The van der Waals surface area contributed by atoms with Crippen molar-refractivity contribution in [2.24, 2.45) is 29.1 Å². The highest BCUT2D eigenvalue weighted by molar-refractivity contribution is 7.14. The van der Waals surface area contributed by atoms with Gasteiger partial charge in [-0.2, -0.15) is 0 Å². The quantitative estimate of drug-likeness (QED) is 0.706. The van der Waals surface area contributed by atoms with Crippen LogP contribution in [0, 0.1) is 29.1 Å². The maximum atomic E-state index is 12.5. The summed E-state index contributed by atoms with van der Waals surface area (Å²) in [6.07, 6.45) is 11.3. The molecule has 0 aliphatic heterocycles. The number of ether oxygens (including phenoxy) is 1. The van der Waals surface area contributed by atoms with Crippen molar-refractivity contribution in [2.45, 2.75) is 77.7 Å². The van der Waals surface area contributed by atoms with E-state index in [0.717, 1.165) is 30.6 Å². The van der Waals surface area contributed by atoms with Crippen LogP contribution in [0.25, 0.3) is 0 Å². The zero-order valence-corrected chi connectivity index (χ0v) is 18.5. The van der Waals surface area contributed by atoms with Crippen LogP contribution in [-0.2, 0) is 22.4 Å². The molecular formula is C24H33NO3S. The second-order valence-electron chi connectivity index (χ2n) is 10.6. The largest absolute Gasteiger partial charge is 0.451 e. The third-order valence-electron chi connectivity index (χ3n) is 8.25. The Bertz CT molecular complexity index is 778. The fourth-order valence-corrected chi connectivity index (χ4v) is 8.25. The molecule has 1 aromatic heterocycles. The summed E-state index contributed by atoms with van der Waals surface area (Å²) in [6, 6.07) is 2.14. The Labute approximate surface area is 177 Å². The topological polar surface area (TPSA) is 55.4 Å². The van der Waals surface area contributed by atoms with Crippen LogP contribution in [0.1, 0.15) is 78.9 Å². The number of hydrogen-bond donors (Lipinski definition) is 1. The molecule has 0 saturated heterocycles. The fraction of sp³-hybridized carbons (Fsp3) is 0.750. The lowest BCUT2D eigenvalue weighted by atomic mass is 9.48. The maximum Gasteiger partial charge on any atom is 0.348 e. The molecule has 0 radical (unpaired) electrons. The molecule has 5 aliphatic carbocycles. The van der Waals surface area contributed by atoms with E-state index in [0.29, 0.717) is 10.8 Å². The van der Waals surface area contributed by atoms with E-state index in [2.05, 4.69) is 19.2 Å². The Morgan fingerprint density at radius 2 is 1.86 bits per heavy atom. The van der Waals surface area contributed by atoms with Gasteiger partial charge in [-0.05, 0) is 105 Å². The van der Waals surface area contributed by atoms with Gasteiger partial charge in [-0.1, -0.05) is 6.92 Å². The first-order valence-electron chi connectivity index (χ1n) is 11.5. The number of carbonyl (C=O) groups is 2. The smallest absolute Gasteiger partial charge is 0.348 e. The van der Waals surface area contributed by atoms with Crippen LogP contribution in [0.4, 0.5) is 0 Å². The van der Waals surface area contributed by atoms with E-state index in [9.17, 15) is 9.59 Å². The van der Waals surface area contributed by atoms with Crippen molar-refractivity contribution in [1.82, 2.24) is 5.32 Å². The summed E-state index contributed by atoms with van der Waals surface area (Å²) in [5.41, 5.74) is 1.57. The van der Waals surface area contributed by atoms with Gasteiger partial charge in [0.15, 0.2) is 6.61 Å². The maximum absolute atomic E-state index is 12.5. The van der Waals surface area contributed by atoms with Crippen LogP contribution in [0.2, 0.25) is 0 Å². The van der Waals surface area contributed by atoms with Gasteiger partial charge in [0, 0.05) is 10.9 Å². The van der Waals surface area contributed by atoms with Gasteiger partial charge in [-0.25, -0.2) is 4.79 Å². The SMILES string of the molecule is C[C@@H]1CCc2sc(C(=O)OCC(=O)N[C@H](C)C34CC5CC(CC(C5)C3)C4)cc2C1. The summed E-state index contributed by atoms with van der Waals surface area (Å²) in [6.45, 7) is 4.25. The second kappa shape index (κ2) is 7.40. The van der Waals surface area contributed by atoms with E-state index in [-0.39, 0.29) is 29.9 Å². The van der Waals surface area contributed by atoms with Gasteiger partial charge >= 0.3 is 5.97 Å². The van der Waals surface area contributed by atoms with Crippen molar-refractivity contribution in [3.63, 3.8) is 0 Å². The molecule has 4 saturated carbocycles. The Morgan fingerprint density at radius 3 is 2.52 bits per heavy atom. The summed E-state index contributed by atoms with van der Waals surface area (Å²) in [5, 5.41) is 3.19. The Kier molecular flexibility index (Phi) is 5.00. The van der Waals surface area contributed by atoms with Gasteiger partial charge < -0.3 is 10.1 Å². The molecule has 6 rings (SSSR count). The lowest BCUT2D eigenvalue weighted by Crippen LogP contribution is -2.56. The highest BCUT2D eigenvalue weighted by Gasteiger charge is 2.53. The van der Waals surface area contributed by atoms with Crippen LogP contribution < -0.4 is 5.32 Å². The molecule has 4 nitrogen and oxygen atoms in total. The van der Waals surface area contributed by atoms with Crippen molar-refractivity contribution in [2.75, 3.05) is 6.61 Å². The van der Waals surface area contributed by atoms with E-state index < -0.39 is 0 Å². The van der Waals surface area contributed by atoms with Crippen molar-refractivity contribution < 1.29 is 14.3 Å². The molecule has 5 aliphatic rings. The summed E-state index contributed by atoms with van der Waals surface area (Å²) < 4.78 is 5.37. The van der Waals surface area contributed by atoms with Gasteiger partial charge in [0.05, 0.1) is 0 Å². The van der Waals surface area contributed by atoms with Crippen molar-refractivity contribution >= 4 is 23.2 Å². The third kappa shape index (κ3) is 3.75. The molecular weight excluding hydrogens is 382 g/mol. The van der Waals surface area contributed by atoms with E-state index in [1.54, 1.807) is 11.3 Å². The van der Waals surface area contributed by atoms with E-state index in [4.69, 9.17) is 4.74 Å². The van der Waals surface area contributed by atoms with Crippen LogP contribution in [0.5, 0.6) is 0 Å². The Morgan fingerprint density at radius 1 is 1.21 bits per heavy atom. The number of carbonyl (C=O) groups excluding carboxylic acids is 2. The van der Waals surface area contributed by atoms with Gasteiger partial charge in [0.2, 0.25) is 0 Å². The van der Waals surface area contributed by atoms with Gasteiger partial charge in [0.1, 0.15) is 4.88 Å². The summed E-state index contributed by atoms with van der Waals surface area (Å²) >= 11 is 1.54. The molecule has 4 fully saturated rings. The molecule has 29 heavy (non-hydrogen) atoms. The van der Waals surface area contributed by atoms with Crippen LogP contribution in [0.15, 0.2) is 6.07 Å². The highest BCUT2D eigenvalue weighted by Crippen LogP contribution is 2.61. The number of thiophene rings is 1. The molecule has 1 heterocycles. The average molecular weight is 416 g/mol. The molecule has 5 heteroatoms. The number of amides is 1. The number of fused-ring (bicyclic) bond motifs is 1. The van der Waals surface area contributed by atoms with Crippen LogP contribution in [-0.4, -0.2) is 24.5 Å². The van der Waals surface area contributed by atoms with Crippen LogP contribution in [0.3, 0.4) is 0 Å². The lowest BCUT2D eigenvalue weighted by molar-refractivity contribution is -0.128. The van der Waals surface area contributed by atoms with E-state index in [1.165, 1.54) is 55.4 Å². The minimum absolute atomic E-state index is 0.156. The first-order valence-corrected chi connectivity index (χ1v) is 12.3. The minimum atomic E-state index is -0.352. The molecule has 1 N–H and O–H groups in total. The first-order chi connectivity index (χ1) is 13.9. The molecule has 2 atom stereocenters. The van der Waals surface area contributed by atoms with Gasteiger partial charge in [0.25, 0.3) is 5.91 Å². The molecule has 1 amide bonds. The van der Waals surface area contributed by atoms with Crippen molar-refractivity contribution in [1.29, 1.82) is 0 Å². The zero-order chi connectivity index (χ0) is 20.2. The normalized spacial score (nSPS) is 35.8. The lowest BCUT2D eigenvalue weighted by Gasteiger charge is -2.59. The number of esters is 1. The van der Waals surface area contributed by atoms with Crippen molar-refractivity contribution in [3.8, 4) is 0 Å². The van der Waals surface area contributed by atoms with Gasteiger partial charge in [-0.15, -0.1) is 11.3 Å². The molecule has 0 unspecified atom stereocenters. The number of rotatable bonds is 5. The molecule has 4 bridgehead atoms. The second-order valence-corrected chi connectivity index (χ2v) is 11.7. The van der Waals surface area contributed by atoms with E-state index >= 15 is 0 Å². The van der Waals surface area contributed by atoms with Gasteiger partial charge in [-0.3, -0.25) is 4.79 Å². The Balaban J connectivity index is 1.15. The molecule has 158 valence electrons. The number of hydrogen-bond acceptors (Lipinski definition) is 4. The third-order valence-corrected chi connectivity index (χ3v) is 9.46. The molecule has 0 spiro atoms. The predicted octanol–water partition coefficient (Wildman–Crippen LogP) is 4.75. The zero-order valence-electron chi connectivity index (χ0n) is 17.7. The number of nitrogens with one attached hydrogen (secondary N) is 1.